The van der Waals surface area contributed by atoms with Crippen molar-refractivity contribution < 1.29 is 17.9 Å². The van der Waals surface area contributed by atoms with Crippen molar-refractivity contribution in [3.05, 3.63) is 47.4 Å². The van der Waals surface area contributed by atoms with E-state index in [2.05, 4.69) is 9.71 Å². The Hall–Kier alpha value is -2.15. The lowest BCUT2D eigenvalue weighted by Crippen LogP contribution is -2.15. The summed E-state index contributed by atoms with van der Waals surface area (Å²) in [5.41, 5.74) is 0.820. The number of halogens is 1. The summed E-state index contributed by atoms with van der Waals surface area (Å²) in [4.78, 5) is 3.85. The summed E-state index contributed by atoms with van der Waals surface area (Å²) in [5, 5.41) is 9.61. The van der Waals surface area contributed by atoms with E-state index in [1.54, 1.807) is 13.0 Å². The van der Waals surface area contributed by atoms with E-state index >= 15 is 0 Å². The van der Waals surface area contributed by atoms with E-state index in [0.717, 1.165) is 12.1 Å². The molecular weight excluding hydrogens is 283 g/mol. The average Bonchev–Trinajstić information content (AvgIpc) is 2.33. The van der Waals surface area contributed by atoms with Crippen molar-refractivity contribution in [3.63, 3.8) is 0 Å². The lowest BCUT2D eigenvalue weighted by Gasteiger charge is -2.11. The zero-order chi connectivity index (χ0) is 14.9. The second-order valence-corrected chi connectivity index (χ2v) is 5.99. The number of anilines is 1. The standard InChI is InChI=1S/C13H13FN2O3S/c1-8-7-10(14)4-6-12(8)20(18,19)16-13-11(17)5-3-9(2)15-13/h3-7,17H,1-2H3,(H,15,16). The smallest absolute Gasteiger partial charge is 0.263 e. The van der Waals surface area contributed by atoms with Crippen LogP contribution in [0, 0.1) is 19.7 Å². The predicted molar refractivity (Wildman–Crippen MR) is 72.6 cm³/mol. The fourth-order valence-electron chi connectivity index (χ4n) is 1.72. The highest BCUT2D eigenvalue weighted by molar-refractivity contribution is 7.92. The minimum absolute atomic E-state index is 0.0680. The molecule has 7 heteroatoms. The van der Waals surface area contributed by atoms with Crippen LogP contribution in [-0.4, -0.2) is 18.5 Å². The van der Waals surface area contributed by atoms with Gasteiger partial charge in [0.25, 0.3) is 10.0 Å². The summed E-state index contributed by atoms with van der Waals surface area (Å²) in [6, 6.07) is 6.25. The van der Waals surface area contributed by atoms with Crippen LogP contribution in [0.1, 0.15) is 11.3 Å². The Morgan fingerprint density at radius 3 is 2.55 bits per heavy atom. The molecule has 0 atom stereocenters. The Kier molecular flexibility index (Phi) is 3.63. The SMILES string of the molecule is Cc1ccc(O)c(NS(=O)(=O)c2ccc(F)cc2C)n1. The molecule has 0 amide bonds. The van der Waals surface area contributed by atoms with Gasteiger partial charge in [0.05, 0.1) is 4.90 Å². The zero-order valence-electron chi connectivity index (χ0n) is 10.9. The van der Waals surface area contributed by atoms with E-state index in [0.29, 0.717) is 5.69 Å². The first-order valence-electron chi connectivity index (χ1n) is 5.75. The van der Waals surface area contributed by atoms with Crippen LogP contribution in [-0.2, 0) is 10.0 Å². The highest BCUT2D eigenvalue weighted by Gasteiger charge is 2.19. The molecule has 1 aromatic carbocycles. The number of nitrogens with one attached hydrogen (secondary N) is 1. The van der Waals surface area contributed by atoms with Crippen LogP contribution < -0.4 is 4.72 Å². The minimum Gasteiger partial charge on any atom is -0.504 e. The molecule has 2 rings (SSSR count). The van der Waals surface area contributed by atoms with E-state index in [1.807, 2.05) is 0 Å². The van der Waals surface area contributed by atoms with Crippen LogP contribution in [0.5, 0.6) is 5.75 Å². The molecule has 1 aromatic heterocycles. The van der Waals surface area contributed by atoms with Crippen LogP contribution in [0.2, 0.25) is 0 Å². The van der Waals surface area contributed by atoms with Crippen molar-refractivity contribution in [1.29, 1.82) is 0 Å². The van der Waals surface area contributed by atoms with E-state index in [9.17, 15) is 17.9 Å². The van der Waals surface area contributed by atoms with E-state index < -0.39 is 15.8 Å². The summed E-state index contributed by atoms with van der Waals surface area (Å²) < 4.78 is 39.6. The summed E-state index contributed by atoms with van der Waals surface area (Å²) in [5.74, 6) is -0.953. The van der Waals surface area contributed by atoms with Gasteiger partial charge in [-0.1, -0.05) is 0 Å². The number of aryl methyl sites for hydroxylation is 2. The molecule has 0 fully saturated rings. The number of aromatic nitrogens is 1. The van der Waals surface area contributed by atoms with Crippen LogP contribution >= 0.6 is 0 Å². The molecule has 0 aliphatic carbocycles. The van der Waals surface area contributed by atoms with Crippen molar-refractivity contribution in [2.24, 2.45) is 0 Å². The molecule has 0 spiro atoms. The van der Waals surface area contributed by atoms with Gasteiger partial charge in [0, 0.05) is 5.69 Å². The van der Waals surface area contributed by atoms with Gasteiger partial charge in [-0.3, -0.25) is 4.72 Å². The van der Waals surface area contributed by atoms with Gasteiger partial charge < -0.3 is 5.11 Å². The summed E-state index contributed by atoms with van der Waals surface area (Å²) in [7, 11) is -3.94. The summed E-state index contributed by atoms with van der Waals surface area (Å²) in [6.07, 6.45) is 0. The lowest BCUT2D eigenvalue weighted by molar-refractivity contribution is 0.475. The molecule has 0 aliphatic rings. The van der Waals surface area contributed by atoms with E-state index in [1.165, 1.54) is 19.1 Å². The zero-order valence-corrected chi connectivity index (χ0v) is 11.7. The molecule has 0 saturated carbocycles. The minimum atomic E-state index is -3.94. The van der Waals surface area contributed by atoms with Gasteiger partial charge >= 0.3 is 0 Å². The monoisotopic (exact) mass is 296 g/mol. The third kappa shape index (κ3) is 2.88. The van der Waals surface area contributed by atoms with Crippen molar-refractivity contribution in [2.45, 2.75) is 18.7 Å². The number of benzene rings is 1. The van der Waals surface area contributed by atoms with Gasteiger partial charge in [0.1, 0.15) is 5.82 Å². The largest absolute Gasteiger partial charge is 0.504 e. The van der Waals surface area contributed by atoms with Gasteiger partial charge in [-0.05, 0) is 49.7 Å². The van der Waals surface area contributed by atoms with Gasteiger partial charge in [0.2, 0.25) is 0 Å². The fourth-order valence-corrected chi connectivity index (χ4v) is 2.97. The molecule has 0 saturated heterocycles. The topological polar surface area (TPSA) is 79.3 Å². The third-order valence-corrected chi connectivity index (χ3v) is 4.17. The van der Waals surface area contributed by atoms with Crippen molar-refractivity contribution in [3.8, 4) is 5.75 Å². The first kappa shape index (κ1) is 14.3. The Morgan fingerprint density at radius 2 is 1.90 bits per heavy atom. The number of hydrogen-bond donors (Lipinski definition) is 2. The Labute approximate surface area is 116 Å². The maximum atomic E-state index is 13.0. The van der Waals surface area contributed by atoms with Crippen LogP contribution in [0.15, 0.2) is 35.2 Å². The maximum absolute atomic E-state index is 13.0. The first-order chi connectivity index (χ1) is 9.29. The van der Waals surface area contributed by atoms with Crippen molar-refractivity contribution in [1.82, 2.24) is 4.98 Å². The second kappa shape index (κ2) is 5.09. The molecule has 0 unspecified atom stereocenters. The van der Waals surface area contributed by atoms with E-state index in [4.69, 9.17) is 0 Å². The second-order valence-electron chi connectivity index (χ2n) is 4.34. The highest BCUT2D eigenvalue weighted by atomic mass is 32.2. The predicted octanol–water partition coefficient (Wildman–Crippen LogP) is 2.34. The number of rotatable bonds is 3. The van der Waals surface area contributed by atoms with Crippen molar-refractivity contribution >= 4 is 15.8 Å². The Balaban J connectivity index is 2.43. The van der Waals surface area contributed by atoms with Gasteiger partial charge in [-0.2, -0.15) is 0 Å². The van der Waals surface area contributed by atoms with E-state index in [-0.39, 0.29) is 22.0 Å². The number of aromatic hydroxyl groups is 1. The third-order valence-electron chi connectivity index (χ3n) is 2.67. The quantitative estimate of drug-likeness (QED) is 0.911. The van der Waals surface area contributed by atoms with Crippen LogP contribution in [0.4, 0.5) is 10.2 Å². The first-order valence-corrected chi connectivity index (χ1v) is 7.23. The number of pyridine rings is 1. The molecule has 2 N–H and O–H groups in total. The normalized spacial score (nSPS) is 11.3. The number of hydrogen-bond acceptors (Lipinski definition) is 4. The summed E-state index contributed by atoms with van der Waals surface area (Å²) in [6.45, 7) is 3.15. The molecule has 106 valence electrons. The molecule has 0 bridgehead atoms. The molecule has 20 heavy (non-hydrogen) atoms. The van der Waals surface area contributed by atoms with Crippen molar-refractivity contribution in [2.75, 3.05) is 4.72 Å². The molecule has 1 heterocycles. The molecule has 0 radical (unpaired) electrons. The fraction of sp³-hybridized carbons (Fsp3) is 0.154. The lowest BCUT2D eigenvalue weighted by atomic mass is 10.2. The highest BCUT2D eigenvalue weighted by Crippen LogP contribution is 2.25. The Morgan fingerprint density at radius 1 is 1.20 bits per heavy atom. The molecule has 5 nitrogen and oxygen atoms in total. The van der Waals surface area contributed by atoms with Crippen LogP contribution in [0.25, 0.3) is 0 Å². The van der Waals surface area contributed by atoms with Gasteiger partial charge in [-0.25, -0.2) is 17.8 Å². The van der Waals surface area contributed by atoms with Gasteiger partial charge in [-0.15, -0.1) is 0 Å². The molecule has 2 aromatic rings. The molecule has 0 aliphatic heterocycles. The Bertz CT molecular complexity index is 760. The summed E-state index contributed by atoms with van der Waals surface area (Å²) >= 11 is 0. The van der Waals surface area contributed by atoms with Gasteiger partial charge in [0.15, 0.2) is 11.6 Å². The maximum Gasteiger partial charge on any atom is 0.263 e. The molecular formula is C13H13FN2O3S. The number of nitrogens with zero attached hydrogens (tertiary/aromatic N) is 1. The van der Waals surface area contributed by atoms with Crippen LogP contribution in [0.3, 0.4) is 0 Å². The number of sulfonamides is 1. The average molecular weight is 296 g/mol.